The Bertz CT molecular complexity index is 59.5. The molecule has 0 aromatic heterocycles. The van der Waals surface area contributed by atoms with E-state index in [2.05, 4.69) is 39.1 Å². The van der Waals surface area contributed by atoms with Crippen LogP contribution in [-0.2, 0) is 0 Å². The fourth-order valence-electron chi connectivity index (χ4n) is 0.382. The van der Waals surface area contributed by atoms with Gasteiger partial charge in [-0.05, 0) is 23.3 Å². The molecule has 0 amide bonds. The first kappa shape index (κ1) is 8.70. The molecule has 0 bridgehead atoms. The van der Waals surface area contributed by atoms with E-state index in [4.69, 9.17) is 0 Å². The Balaban J connectivity index is 3.37. The molecule has 0 aliphatic heterocycles. The lowest BCUT2D eigenvalue weighted by molar-refractivity contribution is 0.413. The summed E-state index contributed by atoms with van der Waals surface area (Å²) >= 11 is 8.34. The monoisotopic (exact) mass is 150 g/mol. The van der Waals surface area contributed by atoms with Crippen molar-refractivity contribution in [1.29, 1.82) is 0 Å². The zero-order valence-corrected chi connectivity index (χ0v) is 7.30. The number of rotatable bonds is 3. The van der Waals surface area contributed by atoms with Crippen LogP contribution in [0.4, 0.5) is 0 Å². The van der Waals surface area contributed by atoms with Crippen molar-refractivity contribution in [3.05, 3.63) is 0 Å². The Kier molecular flexibility index (Phi) is 4.00. The van der Waals surface area contributed by atoms with Gasteiger partial charge in [0.2, 0.25) is 0 Å². The predicted molar refractivity (Wildman–Crippen MR) is 46.1 cm³/mol. The quantitative estimate of drug-likeness (QED) is 0.567. The van der Waals surface area contributed by atoms with Crippen LogP contribution in [0.5, 0.6) is 0 Å². The van der Waals surface area contributed by atoms with Crippen molar-refractivity contribution in [2.45, 2.75) is 20.3 Å². The van der Waals surface area contributed by atoms with Crippen LogP contribution < -0.4 is 0 Å². The highest BCUT2D eigenvalue weighted by Crippen LogP contribution is 2.21. The fraction of sp³-hybridized carbons (Fsp3) is 1.00. The Hall–Kier alpha value is 0.700. The molecular weight excluding hydrogens is 136 g/mol. The zero-order chi connectivity index (χ0) is 6.62. The van der Waals surface area contributed by atoms with Crippen molar-refractivity contribution in [1.82, 2.24) is 0 Å². The highest BCUT2D eigenvalue weighted by Gasteiger charge is 2.12. The summed E-state index contributed by atoms with van der Waals surface area (Å²) in [6.07, 6.45) is 1.15. The van der Waals surface area contributed by atoms with Crippen molar-refractivity contribution in [3.8, 4) is 0 Å². The third kappa shape index (κ3) is 3.67. The van der Waals surface area contributed by atoms with Gasteiger partial charge in [-0.15, -0.1) is 0 Å². The minimum absolute atomic E-state index is 0.380. The first-order valence-electron chi connectivity index (χ1n) is 2.84. The maximum atomic E-state index is 4.20. The molecule has 0 saturated heterocycles. The SMILES string of the molecule is CC(C)(CS)CCS. The molecule has 0 N–H and O–H groups in total. The molecule has 2 heteroatoms. The van der Waals surface area contributed by atoms with E-state index < -0.39 is 0 Å². The van der Waals surface area contributed by atoms with E-state index in [1.165, 1.54) is 0 Å². The molecule has 8 heavy (non-hydrogen) atoms. The van der Waals surface area contributed by atoms with Crippen LogP contribution in [0.25, 0.3) is 0 Å². The van der Waals surface area contributed by atoms with Gasteiger partial charge in [0.15, 0.2) is 0 Å². The van der Waals surface area contributed by atoms with Crippen LogP contribution in [0.3, 0.4) is 0 Å². The van der Waals surface area contributed by atoms with Gasteiger partial charge in [-0.2, -0.15) is 25.3 Å². The lowest BCUT2D eigenvalue weighted by Crippen LogP contribution is -2.13. The van der Waals surface area contributed by atoms with Crippen LogP contribution >= 0.6 is 25.3 Å². The summed E-state index contributed by atoms with van der Waals surface area (Å²) in [5, 5.41) is 0. The lowest BCUT2D eigenvalue weighted by Gasteiger charge is -2.19. The summed E-state index contributed by atoms with van der Waals surface area (Å²) in [6.45, 7) is 4.41. The van der Waals surface area contributed by atoms with E-state index in [0.29, 0.717) is 5.41 Å². The molecule has 0 nitrogen and oxygen atoms in total. The molecular formula is C6H14S2. The third-order valence-corrected chi connectivity index (χ3v) is 2.30. The van der Waals surface area contributed by atoms with Gasteiger partial charge in [0.1, 0.15) is 0 Å². The van der Waals surface area contributed by atoms with Crippen LogP contribution in [-0.4, -0.2) is 11.5 Å². The Labute approximate surface area is 62.9 Å². The molecule has 0 aromatic rings. The van der Waals surface area contributed by atoms with Crippen molar-refractivity contribution in [3.63, 3.8) is 0 Å². The summed E-state index contributed by atoms with van der Waals surface area (Å²) in [7, 11) is 0. The zero-order valence-electron chi connectivity index (χ0n) is 5.52. The molecule has 0 atom stereocenters. The van der Waals surface area contributed by atoms with Crippen LogP contribution in [0.1, 0.15) is 20.3 Å². The molecule has 0 saturated carbocycles. The number of hydrogen-bond donors (Lipinski definition) is 2. The summed E-state index contributed by atoms with van der Waals surface area (Å²) < 4.78 is 0. The van der Waals surface area contributed by atoms with Gasteiger partial charge >= 0.3 is 0 Å². The number of thiol groups is 2. The summed E-state index contributed by atoms with van der Waals surface area (Å²) in [5.41, 5.74) is 0.380. The first-order valence-corrected chi connectivity index (χ1v) is 4.10. The van der Waals surface area contributed by atoms with Crippen molar-refractivity contribution >= 4 is 25.3 Å². The second-order valence-electron chi connectivity index (χ2n) is 2.80. The van der Waals surface area contributed by atoms with Gasteiger partial charge in [-0.25, -0.2) is 0 Å². The van der Waals surface area contributed by atoms with Gasteiger partial charge in [0, 0.05) is 0 Å². The lowest BCUT2D eigenvalue weighted by atomic mass is 9.93. The van der Waals surface area contributed by atoms with Gasteiger partial charge < -0.3 is 0 Å². The summed E-state index contributed by atoms with van der Waals surface area (Å²) in [4.78, 5) is 0. The Morgan fingerprint density at radius 1 is 1.25 bits per heavy atom. The Morgan fingerprint density at radius 2 is 1.75 bits per heavy atom. The molecule has 0 spiro atoms. The summed E-state index contributed by atoms with van der Waals surface area (Å²) in [5.74, 6) is 1.92. The molecule has 50 valence electrons. The van der Waals surface area contributed by atoms with Crippen molar-refractivity contribution in [2.24, 2.45) is 5.41 Å². The normalized spacial score (nSPS) is 12.0. The maximum Gasteiger partial charge on any atom is -0.00462 e. The highest BCUT2D eigenvalue weighted by molar-refractivity contribution is 7.80. The van der Waals surface area contributed by atoms with Gasteiger partial charge in [0.05, 0.1) is 0 Å². The average molecular weight is 150 g/mol. The molecule has 0 radical (unpaired) electrons. The maximum absolute atomic E-state index is 4.20. The van der Waals surface area contributed by atoms with Crippen molar-refractivity contribution < 1.29 is 0 Å². The molecule has 0 heterocycles. The van der Waals surface area contributed by atoms with E-state index in [0.717, 1.165) is 17.9 Å². The standard InChI is InChI=1S/C6H14S2/c1-6(2,5-8)3-4-7/h7-8H,3-5H2,1-2H3. The average Bonchev–Trinajstić information content (AvgIpc) is 1.67. The van der Waals surface area contributed by atoms with E-state index >= 15 is 0 Å². The molecule has 0 aliphatic carbocycles. The summed E-state index contributed by atoms with van der Waals surface area (Å²) in [6, 6.07) is 0. The molecule has 0 fully saturated rings. The minimum Gasteiger partial charge on any atom is -0.179 e. The largest absolute Gasteiger partial charge is 0.179 e. The van der Waals surface area contributed by atoms with Crippen molar-refractivity contribution in [2.75, 3.05) is 11.5 Å². The fourth-order valence-corrected chi connectivity index (χ4v) is 1.15. The Morgan fingerprint density at radius 3 is 1.88 bits per heavy atom. The predicted octanol–water partition coefficient (Wildman–Crippen LogP) is 2.26. The molecule has 0 unspecified atom stereocenters. The van der Waals surface area contributed by atoms with Crippen LogP contribution in [0.15, 0.2) is 0 Å². The van der Waals surface area contributed by atoms with E-state index in [-0.39, 0.29) is 0 Å². The second kappa shape index (κ2) is 3.67. The van der Waals surface area contributed by atoms with E-state index in [9.17, 15) is 0 Å². The van der Waals surface area contributed by atoms with Crippen LogP contribution in [0.2, 0.25) is 0 Å². The van der Waals surface area contributed by atoms with E-state index in [1.54, 1.807) is 0 Å². The molecule has 0 rings (SSSR count). The highest BCUT2D eigenvalue weighted by atomic mass is 32.1. The third-order valence-electron chi connectivity index (χ3n) is 1.22. The van der Waals surface area contributed by atoms with Gasteiger partial charge in [0.25, 0.3) is 0 Å². The van der Waals surface area contributed by atoms with Gasteiger partial charge in [-0.3, -0.25) is 0 Å². The van der Waals surface area contributed by atoms with Crippen LogP contribution in [0, 0.1) is 5.41 Å². The smallest absolute Gasteiger partial charge is 0.00462 e. The number of hydrogen-bond acceptors (Lipinski definition) is 2. The van der Waals surface area contributed by atoms with Gasteiger partial charge in [-0.1, -0.05) is 13.8 Å². The molecule has 0 aliphatic rings. The van der Waals surface area contributed by atoms with E-state index in [1.807, 2.05) is 0 Å². The first-order chi connectivity index (χ1) is 3.62. The molecule has 0 aromatic carbocycles. The topological polar surface area (TPSA) is 0 Å². The second-order valence-corrected chi connectivity index (χ2v) is 3.56. The minimum atomic E-state index is 0.380.